The standard InChI is InChI=1S/C16H21NO2/c1-16(2,19-3)10-9-15(18)13-6-4-8-14-12(13)7-5-11-17-14/h4-8,11,15,18H,9-10H2,1-3H3. The number of methoxy groups -OCH3 is 1. The fourth-order valence-electron chi connectivity index (χ4n) is 2.16. The number of aliphatic hydroxyl groups is 1. The van der Waals surface area contributed by atoms with Gasteiger partial charge >= 0.3 is 0 Å². The van der Waals surface area contributed by atoms with Gasteiger partial charge in [0.2, 0.25) is 0 Å². The molecule has 0 amide bonds. The number of hydrogen-bond acceptors (Lipinski definition) is 3. The number of aliphatic hydroxyl groups excluding tert-OH is 1. The first kappa shape index (κ1) is 14.0. The van der Waals surface area contributed by atoms with Gasteiger partial charge in [0.25, 0.3) is 0 Å². The molecule has 1 unspecified atom stereocenters. The Kier molecular flexibility index (Phi) is 4.17. The Balaban J connectivity index is 2.20. The summed E-state index contributed by atoms with van der Waals surface area (Å²) in [5.74, 6) is 0. The van der Waals surface area contributed by atoms with E-state index in [1.54, 1.807) is 13.3 Å². The Morgan fingerprint density at radius 3 is 2.79 bits per heavy atom. The third-order valence-corrected chi connectivity index (χ3v) is 3.61. The lowest BCUT2D eigenvalue weighted by Gasteiger charge is -2.24. The van der Waals surface area contributed by atoms with Gasteiger partial charge in [0.1, 0.15) is 0 Å². The summed E-state index contributed by atoms with van der Waals surface area (Å²) in [5.41, 5.74) is 1.66. The molecule has 1 aromatic heterocycles. The highest BCUT2D eigenvalue weighted by atomic mass is 16.5. The highest BCUT2D eigenvalue weighted by Gasteiger charge is 2.19. The van der Waals surface area contributed by atoms with Crippen molar-refractivity contribution < 1.29 is 9.84 Å². The minimum Gasteiger partial charge on any atom is -0.388 e. The van der Waals surface area contributed by atoms with Crippen LogP contribution in [0.15, 0.2) is 36.5 Å². The van der Waals surface area contributed by atoms with E-state index in [2.05, 4.69) is 4.98 Å². The summed E-state index contributed by atoms with van der Waals surface area (Å²) in [6.45, 7) is 4.06. The molecule has 0 spiro atoms. The van der Waals surface area contributed by atoms with Gasteiger partial charge < -0.3 is 9.84 Å². The summed E-state index contributed by atoms with van der Waals surface area (Å²) in [4.78, 5) is 4.31. The molecule has 1 heterocycles. The average Bonchev–Trinajstić information content (AvgIpc) is 2.44. The molecule has 1 aromatic carbocycles. The van der Waals surface area contributed by atoms with E-state index in [1.807, 2.05) is 44.2 Å². The largest absolute Gasteiger partial charge is 0.388 e. The molecule has 0 fully saturated rings. The zero-order chi connectivity index (χ0) is 13.9. The van der Waals surface area contributed by atoms with Crippen LogP contribution in [0, 0.1) is 0 Å². The van der Waals surface area contributed by atoms with Crippen LogP contribution in [-0.2, 0) is 4.74 Å². The lowest BCUT2D eigenvalue weighted by atomic mass is 9.95. The van der Waals surface area contributed by atoms with Crippen molar-refractivity contribution in [2.45, 2.75) is 38.4 Å². The molecule has 0 aliphatic rings. The second-order valence-corrected chi connectivity index (χ2v) is 5.44. The molecule has 102 valence electrons. The van der Waals surface area contributed by atoms with Crippen molar-refractivity contribution in [3.63, 3.8) is 0 Å². The van der Waals surface area contributed by atoms with Crippen molar-refractivity contribution in [2.75, 3.05) is 7.11 Å². The van der Waals surface area contributed by atoms with Gasteiger partial charge in [-0.2, -0.15) is 0 Å². The summed E-state index contributed by atoms with van der Waals surface area (Å²) in [7, 11) is 1.70. The van der Waals surface area contributed by atoms with Crippen molar-refractivity contribution in [1.29, 1.82) is 0 Å². The first-order valence-electron chi connectivity index (χ1n) is 6.60. The van der Waals surface area contributed by atoms with E-state index in [0.29, 0.717) is 6.42 Å². The van der Waals surface area contributed by atoms with Gasteiger partial charge in [-0.3, -0.25) is 4.98 Å². The summed E-state index contributed by atoms with van der Waals surface area (Å²) in [6.07, 6.45) is 2.77. The maximum Gasteiger partial charge on any atom is 0.0797 e. The van der Waals surface area contributed by atoms with Gasteiger partial charge in [-0.15, -0.1) is 0 Å². The van der Waals surface area contributed by atoms with E-state index in [-0.39, 0.29) is 5.60 Å². The minimum atomic E-state index is -0.484. The van der Waals surface area contributed by atoms with E-state index >= 15 is 0 Å². The Hall–Kier alpha value is -1.45. The van der Waals surface area contributed by atoms with E-state index in [1.165, 1.54) is 0 Å². The molecular weight excluding hydrogens is 238 g/mol. The Morgan fingerprint density at radius 1 is 1.26 bits per heavy atom. The van der Waals surface area contributed by atoms with Crippen LogP contribution < -0.4 is 0 Å². The number of benzene rings is 1. The lowest BCUT2D eigenvalue weighted by molar-refractivity contribution is 0.00291. The van der Waals surface area contributed by atoms with E-state index in [4.69, 9.17) is 4.74 Å². The van der Waals surface area contributed by atoms with Gasteiger partial charge in [-0.1, -0.05) is 18.2 Å². The molecule has 0 aliphatic carbocycles. The van der Waals surface area contributed by atoms with E-state index in [0.717, 1.165) is 22.9 Å². The number of aromatic nitrogens is 1. The molecule has 3 nitrogen and oxygen atoms in total. The van der Waals surface area contributed by atoms with Crippen LogP contribution in [0.2, 0.25) is 0 Å². The van der Waals surface area contributed by atoms with Crippen molar-refractivity contribution >= 4 is 10.9 Å². The average molecular weight is 259 g/mol. The van der Waals surface area contributed by atoms with Crippen molar-refractivity contribution in [2.24, 2.45) is 0 Å². The Labute approximate surface area is 114 Å². The molecule has 1 N–H and O–H groups in total. The molecule has 0 bridgehead atoms. The van der Waals surface area contributed by atoms with Gasteiger partial charge in [0.15, 0.2) is 0 Å². The summed E-state index contributed by atoms with van der Waals surface area (Å²) in [6, 6.07) is 9.77. The van der Waals surface area contributed by atoms with Gasteiger partial charge in [-0.25, -0.2) is 0 Å². The molecular formula is C16H21NO2. The molecule has 2 rings (SSSR count). The SMILES string of the molecule is COC(C)(C)CCC(O)c1cccc2ncccc12. The van der Waals surface area contributed by atoms with Crippen molar-refractivity contribution in [1.82, 2.24) is 4.98 Å². The van der Waals surface area contributed by atoms with Crippen LogP contribution in [0.25, 0.3) is 10.9 Å². The molecule has 19 heavy (non-hydrogen) atoms. The monoisotopic (exact) mass is 259 g/mol. The number of pyridine rings is 1. The zero-order valence-corrected chi connectivity index (χ0v) is 11.8. The first-order chi connectivity index (χ1) is 9.03. The van der Waals surface area contributed by atoms with Crippen molar-refractivity contribution in [3.05, 3.63) is 42.1 Å². The predicted molar refractivity (Wildman–Crippen MR) is 77.0 cm³/mol. The first-order valence-corrected chi connectivity index (χ1v) is 6.60. The van der Waals surface area contributed by atoms with Crippen LogP contribution in [0.5, 0.6) is 0 Å². The van der Waals surface area contributed by atoms with Crippen LogP contribution in [-0.4, -0.2) is 22.8 Å². The Bertz CT molecular complexity index is 546. The number of hydrogen-bond donors (Lipinski definition) is 1. The molecule has 0 saturated carbocycles. The zero-order valence-electron chi connectivity index (χ0n) is 11.8. The highest BCUT2D eigenvalue weighted by molar-refractivity contribution is 5.82. The normalized spacial score (nSPS) is 13.7. The predicted octanol–water partition coefficient (Wildman–Crippen LogP) is 3.47. The number of fused-ring (bicyclic) bond motifs is 1. The number of nitrogens with zero attached hydrogens (tertiary/aromatic N) is 1. The van der Waals surface area contributed by atoms with Crippen LogP contribution in [0.3, 0.4) is 0 Å². The Morgan fingerprint density at radius 2 is 2.05 bits per heavy atom. The van der Waals surface area contributed by atoms with Crippen LogP contribution in [0.1, 0.15) is 38.4 Å². The van der Waals surface area contributed by atoms with E-state index < -0.39 is 6.10 Å². The van der Waals surface area contributed by atoms with Crippen LogP contribution >= 0.6 is 0 Å². The van der Waals surface area contributed by atoms with Gasteiger partial charge in [0.05, 0.1) is 17.2 Å². The maximum absolute atomic E-state index is 10.4. The fraction of sp³-hybridized carbons (Fsp3) is 0.438. The minimum absolute atomic E-state index is 0.205. The number of rotatable bonds is 5. The third kappa shape index (κ3) is 3.31. The molecule has 1 atom stereocenters. The fourth-order valence-corrected chi connectivity index (χ4v) is 2.16. The lowest BCUT2D eigenvalue weighted by Crippen LogP contribution is -2.23. The summed E-state index contributed by atoms with van der Waals surface area (Å²) >= 11 is 0. The summed E-state index contributed by atoms with van der Waals surface area (Å²) in [5, 5.41) is 11.4. The highest BCUT2D eigenvalue weighted by Crippen LogP contribution is 2.28. The van der Waals surface area contributed by atoms with Crippen LogP contribution in [0.4, 0.5) is 0 Å². The quantitative estimate of drug-likeness (QED) is 0.894. The molecule has 0 radical (unpaired) electrons. The smallest absolute Gasteiger partial charge is 0.0797 e. The second kappa shape index (κ2) is 5.68. The third-order valence-electron chi connectivity index (χ3n) is 3.61. The van der Waals surface area contributed by atoms with Gasteiger partial charge in [0, 0.05) is 18.7 Å². The topological polar surface area (TPSA) is 42.4 Å². The number of ether oxygens (including phenoxy) is 1. The van der Waals surface area contributed by atoms with Crippen molar-refractivity contribution in [3.8, 4) is 0 Å². The molecule has 0 aliphatic heterocycles. The summed E-state index contributed by atoms with van der Waals surface area (Å²) < 4.78 is 5.39. The van der Waals surface area contributed by atoms with E-state index in [9.17, 15) is 5.11 Å². The molecule has 2 aromatic rings. The molecule has 3 heteroatoms. The second-order valence-electron chi connectivity index (χ2n) is 5.44. The van der Waals surface area contributed by atoms with Gasteiger partial charge in [-0.05, 0) is 44.4 Å². The molecule has 0 saturated heterocycles. The maximum atomic E-state index is 10.4.